The molecule has 0 fully saturated rings. The van der Waals surface area contributed by atoms with Crippen LogP contribution in [0.25, 0.3) is 11.0 Å². The van der Waals surface area contributed by atoms with Crippen molar-refractivity contribution in [3.63, 3.8) is 0 Å². The largest absolute Gasteiger partial charge is 0.507 e. The number of para-hydroxylation sites is 1. The van der Waals surface area contributed by atoms with E-state index in [1.807, 2.05) is 25.1 Å². The fourth-order valence-electron chi connectivity index (χ4n) is 2.60. The molecule has 3 N–H and O–H groups in total. The summed E-state index contributed by atoms with van der Waals surface area (Å²) in [4.78, 5) is 23.8. The zero-order valence-corrected chi connectivity index (χ0v) is 14.8. The van der Waals surface area contributed by atoms with Crippen molar-refractivity contribution in [1.29, 1.82) is 0 Å². The predicted octanol–water partition coefficient (Wildman–Crippen LogP) is 4.34. The zero-order chi connectivity index (χ0) is 18.7. The van der Waals surface area contributed by atoms with Gasteiger partial charge in [-0.15, -0.1) is 0 Å². The number of aromatic hydroxyl groups is 1. The lowest BCUT2D eigenvalue weighted by molar-refractivity contribution is 0.0693. The Balaban J connectivity index is 1.95. The third kappa shape index (κ3) is 3.52. The number of carboxylic acids is 1. The van der Waals surface area contributed by atoms with Crippen molar-refractivity contribution in [2.75, 3.05) is 11.1 Å². The van der Waals surface area contributed by atoms with Crippen LogP contribution in [0.4, 0.5) is 5.69 Å². The van der Waals surface area contributed by atoms with Crippen molar-refractivity contribution in [3.8, 4) is 5.75 Å². The van der Waals surface area contributed by atoms with Gasteiger partial charge in [0.25, 0.3) is 5.91 Å². The van der Waals surface area contributed by atoms with E-state index >= 15 is 0 Å². The van der Waals surface area contributed by atoms with Gasteiger partial charge in [-0.25, -0.2) is 4.79 Å². The first-order chi connectivity index (χ1) is 12.5. The fraction of sp³-hybridized carbons (Fsp3) is 0.158. The SMILES string of the molecule is CCSCc1c(C(=O)Nc2ccc(O)c(C(=O)O)c2)oc2ccccc12. The Morgan fingerprint density at radius 3 is 2.69 bits per heavy atom. The normalized spacial score (nSPS) is 10.8. The molecule has 3 aromatic rings. The molecule has 0 saturated heterocycles. The molecular weight excluding hydrogens is 354 g/mol. The first kappa shape index (κ1) is 17.9. The van der Waals surface area contributed by atoms with Crippen LogP contribution >= 0.6 is 11.8 Å². The number of furan rings is 1. The summed E-state index contributed by atoms with van der Waals surface area (Å²) in [6.45, 7) is 2.04. The van der Waals surface area contributed by atoms with Crippen molar-refractivity contribution in [1.82, 2.24) is 0 Å². The molecule has 3 rings (SSSR count). The van der Waals surface area contributed by atoms with Gasteiger partial charge < -0.3 is 19.9 Å². The number of aromatic carboxylic acids is 1. The van der Waals surface area contributed by atoms with Gasteiger partial charge in [0, 0.05) is 22.4 Å². The Morgan fingerprint density at radius 2 is 1.96 bits per heavy atom. The van der Waals surface area contributed by atoms with Crippen LogP contribution in [-0.2, 0) is 5.75 Å². The summed E-state index contributed by atoms with van der Waals surface area (Å²) in [5, 5.41) is 22.2. The van der Waals surface area contributed by atoms with Crippen LogP contribution in [0.3, 0.4) is 0 Å². The minimum atomic E-state index is -1.28. The number of carboxylic acid groups (broad SMARTS) is 1. The monoisotopic (exact) mass is 371 g/mol. The van der Waals surface area contributed by atoms with Crippen LogP contribution < -0.4 is 5.32 Å². The highest BCUT2D eigenvalue weighted by molar-refractivity contribution is 7.98. The quantitative estimate of drug-likeness (QED) is 0.557. The van der Waals surface area contributed by atoms with E-state index in [-0.39, 0.29) is 22.8 Å². The molecule has 0 atom stereocenters. The molecule has 0 saturated carbocycles. The van der Waals surface area contributed by atoms with Crippen LogP contribution in [0.5, 0.6) is 5.75 Å². The minimum absolute atomic E-state index is 0.206. The summed E-state index contributed by atoms with van der Waals surface area (Å²) in [5.41, 5.74) is 1.41. The second-order valence-corrected chi connectivity index (χ2v) is 6.81. The van der Waals surface area contributed by atoms with E-state index in [1.165, 1.54) is 18.2 Å². The highest BCUT2D eigenvalue weighted by atomic mass is 32.2. The van der Waals surface area contributed by atoms with E-state index in [0.29, 0.717) is 11.3 Å². The van der Waals surface area contributed by atoms with Crippen LogP contribution in [-0.4, -0.2) is 27.8 Å². The molecule has 1 amide bonds. The van der Waals surface area contributed by atoms with Gasteiger partial charge in [0.05, 0.1) is 0 Å². The Morgan fingerprint density at radius 1 is 1.19 bits per heavy atom. The Labute approximate surface area is 153 Å². The number of carbonyl (C=O) groups is 2. The van der Waals surface area contributed by atoms with E-state index in [4.69, 9.17) is 9.52 Å². The van der Waals surface area contributed by atoms with Crippen molar-refractivity contribution < 1.29 is 24.2 Å². The molecule has 0 unspecified atom stereocenters. The Bertz CT molecular complexity index is 979. The molecule has 2 aromatic carbocycles. The maximum atomic E-state index is 12.7. The molecule has 0 aliphatic heterocycles. The molecule has 6 nitrogen and oxygen atoms in total. The van der Waals surface area contributed by atoms with E-state index in [1.54, 1.807) is 17.8 Å². The summed E-state index contributed by atoms with van der Waals surface area (Å²) >= 11 is 1.68. The smallest absolute Gasteiger partial charge is 0.339 e. The zero-order valence-electron chi connectivity index (χ0n) is 14.0. The summed E-state index contributed by atoms with van der Waals surface area (Å²) in [6.07, 6.45) is 0. The van der Waals surface area contributed by atoms with E-state index in [9.17, 15) is 14.7 Å². The highest BCUT2D eigenvalue weighted by Crippen LogP contribution is 2.30. The number of carbonyl (C=O) groups excluding carboxylic acids is 1. The van der Waals surface area contributed by atoms with Gasteiger partial charge >= 0.3 is 5.97 Å². The molecule has 0 bridgehead atoms. The number of hydrogen-bond donors (Lipinski definition) is 3. The first-order valence-corrected chi connectivity index (χ1v) is 9.12. The molecule has 26 heavy (non-hydrogen) atoms. The average Bonchev–Trinajstić information content (AvgIpc) is 3.00. The number of hydrogen-bond acceptors (Lipinski definition) is 5. The van der Waals surface area contributed by atoms with E-state index in [0.717, 1.165) is 16.7 Å². The van der Waals surface area contributed by atoms with E-state index in [2.05, 4.69) is 5.32 Å². The summed E-state index contributed by atoms with van der Waals surface area (Å²) in [5.74, 6) is -0.360. The van der Waals surface area contributed by atoms with Crippen molar-refractivity contribution >= 4 is 40.3 Å². The van der Waals surface area contributed by atoms with Crippen LogP contribution in [0.1, 0.15) is 33.4 Å². The maximum absolute atomic E-state index is 12.7. The molecule has 0 aliphatic carbocycles. The Hall–Kier alpha value is -2.93. The number of anilines is 1. The molecule has 0 aliphatic rings. The molecule has 0 radical (unpaired) electrons. The van der Waals surface area contributed by atoms with Gasteiger partial charge in [0.15, 0.2) is 5.76 Å². The maximum Gasteiger partial charge on any atom is 0.339 e. The first-order valence-electron chi connectivity index (χ1n) is 7.97. The number of amides is 1. The summed E-state index contributed by atoms with van der Waals surface area (Å²) < 4.78 is 5.74. The molecule has 0 spiro atoms. The standard InChI is InChI=1S/C19H17NO5S/c1-2-26-10-14-12-5-3-4-6-16(12)25-17(14)18(22)20-11-7-8-15(21)13(9-11)19(23)24/h3-9,21H,2,10H2,1H3,(H,20,22)(H,23,24). The van der Waals surface area contributed by atoms with Gasteiger partial charge in [0.1, 0.15) is 16.9 Å². The average molecular weight is 371 g/mol. The van der Waals surface area contributed by atoms with Gasteiger partial charge in [-0.05, 0) is 30.0 Å². The number of rotatable bonds is 6. The lowest BCUT2D eigenvalue weighted by atomic mass is 10.1. The number of benzene rings is 2. The third-order valence-electron chi connectivity index (χ3n) is 3.84. The van der Waals surface area contributed by atoms with Crippen LogP contribution in [0, 0.1) is 0 Å². The molecule has 134 valence electrons. The fourth-order valence-corrected chi connectivity index (χ4v) is 3.30. The number of thioether (sulfide) groups is 1. The van der Waals surface area contributed by atoms with E-state index < -0.39 is 11.9 Å². The topological polar surface area (TPSA) is 99.8 Å². The molecule has 1 heterocycles. The minimum Gasteiger partial charge on any atom is -0.507 e. The third-order valence-corrected chi connectivity index (χ3v) is 4.74. The highest BCUT2D eigenvalue weighted by Gasteiger charge is 2.21. The lowest BCUT2D eigenvalue weighted by Gasteiger charge is -2.07. The van der Waals surface area contributed by atoms with Gasteiger partial charge in [-0.2, -0.15) is 11.8 Å². The van der Waals surface area contributed by atoms with Crippen LogP contribution in [0.2, 0.25) is 0 Å². The van der Waals surface area contributed by atoms with Crippen LogP contribution in [0.15, 0.2) is 46.9 Å². The second-order valence-electron chi connectivity index (χ2n) is 5.53. The molecule has 1 aromatic heterocycles. The summed E-state index contributed by atoms with van der Waals surface area (Å²) in [6, 6.07) is 11.3. The van der Waals surface area contributed by atoms with Crippen molar-refractivity contribution in [3.05, 3.63) is 59.4 Å². The number of fused-ring (bicyclic) bond motifs is 1. The number of nitrogens with one attached hydrogen (secondary N) is 1. The van der Waals surface area contributed by atoms with Crippen molar-refractivity contribution in [2.45, 2.75) is 12.7 Å². The Kier molecular flexibility index (Phi) is 5.18. The molecule has 7 heteroatoms. The number of phenols is 1. The predicted molar refractivity (Wildman–Crippen MR) is 101 cm³/mol. The molecular formula is C19H17NO5S. The van der Waals surface area contributed by atoms with Gasteiger partial charge in [-0.1, -0.05) is 25.1 Å². The summed E-state index contributed by atoms with van der Waals surface area (Å²) in [7, 11) is 0. The lowest BCUT2D eigenvalue weighted by Crippen LogP contribution is -2.13. The van der Waals surface area contributed by atoms with Gasteiger partial charge in [-0.3, -0.25) is 4.79 Å². The second kappa shape index (κ2) is 7.53. The van der Waals surface area contributed by atoms with Gasteiger partial charge in [0.2, 0.25) is 0 Å². The van der Waals surface area contributed by atoms with Crippen molar-refractivity contribution in [2.24, 2.45) is 0 Å².